The first-order chi connectivity index (χ1) is 9.07. The second-order valence-electron chi connectivity index (χ2n) is 4.17. The minimum absolute atomic E-state index is 0.0334. The summed E-state index contributed by atoms with van der Waals surface area (Å²) in [5.41, 5.74) is 1.32. The average Bonchev–Trinajstić information content (AvgIpc) is 2.78. The number of benzene rings is 1. The Bertz CT molecular complexity index is 839. The number of fused-ring (bicyclic) bond motifs is 1. The molecule has 0 aliphatic heterocycles. The van der Waals surface area contributed by atoms with Gasteiger partial charge in [-0.25, -0.2) is 17.9 Å². The Morgan fingerprint density at radius 1 is 1.11 bits per heavy atom. The van der Waals surface area contributed by atoms with E-state index >= 15 is 0 Å². The van der Waals surface area contributed by atoms with Crippen LogP contribution in [-0.4, -0.2) is 23.0 Å². The lowest BCUT2D eigenvalue weighted by Crippen LogP contribution is -2.05. The van der Waals surface area contributed by atoms with E-state index in [0.717, 1.165) is 5.69 Å². The van der Waals surface area contributed by atoms with Crippen molar-refractivity contribution >= 4 is 15.5 Å². The number of hydrogen-bond donors (Lipinski definition) is 0. The van der Waals surface area contributed by atoms with Crippen LogP contribution in [0.15, 0.2) is 58.6 Å². The van der Waals surface area contributed by atoms with Gasteiger partial charge in [-0.15, -0.1) is 0 Å². The minimum Gasteiger partial charge on any atom is -0.222 e. The van der Waals surface area contributed by atoms with E-state index in [0.29, 0.717) is 5.65 Å². The Hall–Kier alpha value is -2.21. The average molecular weight is 273 g/mol. The molecule has 0 aliphatic rings. The van der Waals surface area contributed by atoms with Gasteiger partial charge >= 0.3 is 0 Å². The summed E-state index contributed by atoms with van der Waals surface area (Å²) in [6, 6.07) is 11.5. The fourth-order valence-electron chi connectivity index (χ4n) is 1.85. The lowest BCUT2D eigenvalue weighted by molar-refractivity contribution is 0.592. The van der Waals surface area contributed by atoms with E-state index in [-0.39, 0.29) is 9.92 Å². The summed E-state index contributed by atoms with van der Waals surface area (Å²) in [4.78, 5) is 4.40. The van der Waals surface area contributed by atoms with Gasteiger partial charge in [-0.3, -0.25) is 0 Å². The van der Waals surface area contributed by atoms with Crippen LogP contribution in [0.4, 0.5) is 0 Å². The topological polar surface area (TPSA) is 64.3 Å². The van der Waals surface area contributed by atoms with E-state index in [9.17, 15) is 8.42 Å². The third-order valence-corrected chi connectivity index (χ3v) is 4.42. The van der Waals surface area contributed by atoms with Gasteiger partial charge in [-0.05, 0) is 25.1 Å². The van der Waals surface area contributed by atoms with Gasteiger partial charge in [0.15, 0.2) is 10.7 Å². The molecule has 0 N–H and O–H groups in total. The van der Waals surface area contributed by atoms with Crippen LogP contribution in [0.2, 0.25) is 0 Å². The molecule has 0 spiro atoms. The first-order valence-electron chi connectivity index (χ1n) is 5.70. The summed E-state index contributed by atoms with van der Waals surface area (Å²) >= 11 is 0. The van der Waals surface area contributed by atoms with Crippen molar-refractivity contribution in [3.05, 3.63) is 54.4 Å². The van der Waals surface area contributed by atoms with Crippen molar-refractivity contribution in [2.75, 3.05) is 0 Å². The molecule has 0 saturated carbocycles. The molecule has 0 aliphatic carbocycles. The molecule has 3 rings (SSSR count). The van der Waals surface area contributed by atoms with E-state index in [4.69, 9.17) is 0 Å². The van der Waals surface area contributed by atoms with Gasteiger partial charge in [0.1, 0.15) is 0 Å². The maximum absolute atomic E-state index is 12.4. The molecule has 2 heterocycles. The Morgan fingerprint density at radius 2 is 1.84 bits per heavy atom. The highest BCUT2D eigenvalue weighted by atomic mass is 32.2. The van der Waals surface area contributed by atoms with Gasteiger partial charge in [-0.2, -0.15) is 5.10 Å². The summed E-state index contributed by atoms with van der Waals surface area (Å²) in [5, 5.41) is 4.20. The van der Waals surface area contributed by atoms with E-state index in [1.54, 1.807) is 47.1 Å². The third kappa shape index (κ3) is 2.00. The summed E-state index contributed by atoms with van der Waals surface area (Å²) in [7, 11) is -3.57. The number of aromatic nitrogens is 3. The molecule has 0 fully saturated rings. The highest BCUT2D eigenvalue weighted by Gasteiger charge is 2.19. The van der Waals surface area contributed by atoms with Crippen LogP contribution in [0.3, 0.4) is 0 Å². The van der Waals surface area contributed by atoms with Crippen LogP contribution in [-0.2, 0) is 9.84 Å². The lowest BCUT2D eigenvalue weighted by atomic mass is 10.4. The number of hydrogen-bond acceptors (Lipinski definition) is 4. The van der Waals surface area contributed by atoms with Gasteiger partial charge in [-0.1, -0.05) is 18.2 Å². The van der Waals surface area contributed by atoms with Crippen molar-refractivity contribution in [3.8, 4) is 0 Å². The van der Waals surface area contributed by atoms with E-state index in [1.807, 2.05) is 6.92 Å². The predicted molar refractivity (Wildman–Crippen MR) is 69.6 cm³/mol. The van der Waals surface area contributed by atoms with Crippen LogP contribution in [0, 0.1) is 6.92 Å². The molecule has 1 aromatic carbocycles. The number of nitrogens with zero attached hydrogens (tertiary/aromatic N) is 3. The van der Waals surface area contributed by atoms with Crippen molar-refractivity contribution in [1.82, 2.24) is 14.6 Å². The molecule has 3 aromatic rings. The van der Waals surface area contributed by atoms with Crippen LogP contribution in [0.1, 0.15) is 5.69 Å². The molecule has 6 heteroatoms. The summed E-state index contributed by atoms with van der Waals surface area (Å²) < 4.78 is 26.3. The van der Waals surface area contributed by atoms with Gasteiger partial charge in [0.05, 0.1) is 10.6 Å². The fourth-order valence-corrected chi connectivity index (χ4v) is 3.06. The molecule has 96 valence electrons. The van der Waals surface area contributed by atoms with Crippen LogP contribution >= 0.6 is 0 Å². The monoisotopic (exact) mass is 273 g/mol. The molecule has 19 heavy (non-hydrogen) atoms. The smallest absolute Gasteiger partial charge is 0.222 e. The normalized spacial score (nSPS) is 11.8. The van der Waals surface area contributed by atoms with Crippen LogP contribution < -0.4 is 0 Å². The first-order valence-corrected chi connectivity index (χ1v) is 7.19. The molecule has 2 aromatic heterocycles. The second-order valence-corrected chi connectivity index (χ2v) is 6.07. The molecule has 0 atom stereocenters. The van der Waals surface area contributed by atoms with Gasteiger partial charge in [0.25, 0.3) is 0 Å². The Morgan fingerprint density at radius 3 is 2.58 bits per heavy atom. The Balaban J connectivity index is 2.18. The number of aryl methyl sites for hydroxylation is 1. The molecule has 5 nitrogen and oxygen atoms in total. The highest BCUT2D eigenvalue weighted by molar-refractivity contribution is 7.91. The largest absolute Gasteiger partial charge is 0.223 e. The second kappa shape index (κ2) is 4.17. The standard InChI is InChI=1S/C13H11N3O2S/c1-10-9-12-14-13(7-8-16(12)15-10)19(17,18)11-5-3-2-4-6-11/h2-9H,1H3. The van der Waals surface area contributed by atoms with E-state index in [2.05, 4.69) is 10.1 Å². The predicted octanol–water partition coefficient (Wildman–Crippen LogP) is 1.87. The lowest BCUT2D eigenvalue weighted by Gasteiger charge is -2.03. The zero-order chi connectivity index (χ0) is 13.5. The summed E-state index contributed by atoms with van der Waals surface area (Å²) in [6.45, 7) is 1.83. The molecule has 0 bridgehead atoms. The minimum atomic E-state index is -3.57. The van der Waals surface area contributed by atoms with Gasteiger partial charge in [0, 0.05) is 12.3 Å². The van der Waals surface area contributed by atoms with Crippen LogP contribution in [0.25, 0.3) is 5.65 Å². The van der Waals surface area contributed by atoms with Crippen molar-refractivity contribution in [3.63, 3.8) is 0 Å². The third-order valence-electron chi connectivity index (χ3n) is 2.75. The zero-order valence-electron chi connectivity index (χ0n) is 10.2. The molecule has 0 unspecified atom stereocenters. The Kier molecular flexibility index (Phi) is 2.60. The van der Waals surface area contributed by atoms with Gasteiger partial charge < -0.3 is 0 Å². The van der Waals surface area contributed by atoms with E-state index in [1.165, 1.54) is 6.07 Å². The maximum Gasteiger partial charge on any atom is 0.223 e. The molecule has 0 saturated heterocycles. The van der Waals surface area contributed by atoms with Crippen molar-refractivity contribution < 1.29 is 8.42 Å². The van der Waals surface area contributed by atoms with Crippen molar-refractivity contribution in [1.29, 1.82) is 0 Å². The number of sulfone groups is 1. The summed E-state index contributed by atoms with van der Waals surface area (Å²) in [5.74, 6) is 0. The van der Waals surface area contributed by atoms with Crippen LogP contribution in [0.5, 0.6) is 0 Å². The van der Waals surface area contributed by atoms with Crippen molar-refractivity contribution in [2.45, 2.75) is 16.8 Å². The highest BCUT2D eigenvalue weighted by Crippen LogP contribution is 2.19. The SMILES string of the molecule is Cc1cc2nc(S(=O)(=O)c3ccccc3)ccn2n1. The first kappa shape index (κ1) is 11.9. The maximum atomic E-state index is 12.4. The molecule has 0 amide bonds. The Labute approximate surface area is 110 Å². The summed E-state index contributed by atoms with van der Waals surface area (Å²) in [6.07, 6.45) is 1.60. The zero-order valence-corrected chi connectivity index (χ0v) is 11.0. The quantitative estimate of drug-likeness (QED) is 0.669. The van der Waals surface area contributed by atoms with Gasteiger partial charge in [0.2, 0.25) is 9.84 Å². The number of rotatable bonds is 2. The molecular formula is C13H11N3O2S. The molecule has 0 radical (unpaired) electrons. The molecular weight excluding hydrogens is 262 g/mol. The van der Waals surface area contributed by atoms with E-state index < -0.39 is 9.84 Å². The fraction of sp³-hybridized carbons (Fsp3) is 0.0769. The van der Waals surface area contributed by atoms with Crippen molar-refractivity contribution in [2.24, 2.45) is 0 Å².